The second-order valence-corrected chi connectivity index (χ2v) is 6.54. The summed E-state index contributed by atoms with van der Waals surface area (Å²) in [5.74, 6) is -0.370. The summed E-state index contributed by atoms with van der Waals surface area (Å²) >= 11 is 0. The van der Waals surface area contributed by atoms with Crippen molar-refractivity contribution >= 4 is 15.9 Å². The zero-order chi connectivity index (χ0) is 16.0. The molecule has 0 fully saturated rings. The van der Waals surface area contributed by atoms with Gasteiger partial charge < -0.3 is 10.4 Å². The number of sulfonamides is 1. The van der Waals surface area contributed by atoms with E-state index >= 15 is 0 Å². The third-order valence-electron chi connectivity index (χ3n) is 3.22. The average Bonchev–Trinajstić information content (AvgIpc) is 2.51. The number of aliphatic hydroxyl groups excluding tert-OH is 1. The molecule has 0 saturated heterocycles. The summed E-state index contributed by atoms with van der Waals surface area (Å²) in [6, 6.07) is 6.20. The highest BCUT2D eigenvalue weighted by molar-refractivity contribution is 7.89. The van der Waals surface area contributed by atoms with Gasteiger partial charge in [-0.25, -0.2) is 8.42 Å². The van der Waals surface area contributed by atoms with Gasteiger partial charge in [0.2, 0.25) is 15.9 Å². The Morgan fingerprint density at radius 3 is 2.57 bits per heavy atom. The number of carbonyl (C=O) groups is 1. The van der Waals surface area contributed by atoms with Crippen molar-refractivity contribution in [3.63, 3.8) is 0 Å². The molecule has 0 spiro atoms. The van der Waals surface area contributed by atoms with E-state index in [1.165, 1.54) is 19.2 Å². The van der Waals surface area contributed by atoms with Gasteiger partial charge in [0, 0.05) is 13.6 Å². The van der Waals surface area contributed by atoms with Gasteiger partial charge in [-0.2, -0.15) is 4.31 Å². The van der Waals surface area contributed by atoms with Crippen molar-refractivity contribution < 1.29 is 18.3 Å². The molecule has 1 aromatic rings. The van der Waals surface area contributed by atoms with Crippen LogP contribution in [0.4, 0.5) is 0 Å². The molecule has 7 heteroatoms. The van der Waals surface area contributed by atoms with Crippen LogP contribution >= 0.6 is 0 Å². The number of likely N-dealkylation sites (N-methyl/N-ethyl adjacent to an activating group) is 2. The van der Waals surface area contributed by atoms with E-state index in [0.29, 0.717) is 12.0 Å². The van der Waals surface area contributed by atoms with Crippen LogP contribution in [-0.2, 0) is 14.8 Å². The molecule has 2 N–H and O–H groups in total. The molecule has 0 saturated carbocycles. The molecule has 0 radical (unpaired) electrons. The number of hydrogen-bond donors (Lipinski definition) is 2. The van der Waals surface area contributed by atoms with Gasteiger partial charge >= 0.3 is 0 Å². The summed E-state index contributed by atoms with van der Waals surface area (Å²) in [7, 11) is -2.30. The minimum atomic E-state index is -3.76. The van der Waals surface area contributed by atoms with Crippen LogP contribution in [0.15, 0.2) is 29.2 Å². The van der Waals surface area contributed by atoms with Crippen LogP contribution in [0, 0.1) is 0 Å². The molecular formula is C14H22N2O4S. The lowest BCUT2D eigenvalue weighted by molar-refractivity contribution is -0.120. The fourth-order valence-corrected chi connectivity index (χ4v) is 3.33. The fourth-order valence-electron chi connectivity index (χ4n) is 1.87. The number of aliphatic hydroxyl groups is 1. The molecule has 21 heavy (non-hydrogen) atoms. The smallest absolute Gasteiger partial charge is 0.243 e. The average molecular weight is 314 g/mol. The van der Waals surface area contributed by atoms with Gasteiger partial charge in [-0.3, -0.25) is 4.79 Å². The number of hydrogen-bond acceptors (Lipinski definition) is 4. The Balaban J connectivity index is 3.14. The number of nitrogens with one attached hydrogen (secondary N) is 1. The van der Waals surface area contributed by atoms with Gasteiger partial charge in [0.25, 0.3) is 0 Å². The Kier molecular flexibility index (Phi) is 6.32. The summed E-state index contributed by atoms with van der Waals surface area (Å²) in [4.78, 5) is 11.5. The normalized spacial score (nSPS) is 13.2. The second-order valence-electron chi connectivity index (χ2n) is 4.60. The van der Waals surface area contributed by atoms with Gasteiger partial charge in [0.1, 0.15) is 0 Å². The summed E-state index contributed by atoms with van der Waals surface area (Å²) < 4.78 is 26.2. The number of benzene rings is 1. The van der Waals surface area contributed by atoms with E-state index in [1.54, 1.807) is 19.1 Å². The van der Waals surface area contributed by atoms with Crippen molar-refractivity contribution in [2.75, 3.05) is 20.1 Å². The van der Waals surface area contributed by atoms with E-state index < -0.39 is 16.1 Å². The van der Waals surface area contributed by atoms with E-state index in [2.05, 4.69) is 5.32 Å². The first-order chi connectivity index (χ1) is 9.86. The van der Waals surface area contributed by atoms with Crippen molar-refractivity contribution in [2.45, 2.75) is 31.3 Å². The Morgan fingerprint density at radius 2 is 2.05 bits per heavy atom. The largest absolute Gasteiger partial charge is 0.388 e. The molecule has 1 rings (SSSR count). The Hall–Kier alpha value is -1.44. The van der Waals surface area contributed by atoms with E-state index in [9.17, 15) is 18.3 Å². The Morgan fingerprint density at radius 1 is 1.38 bits per heavy atom. The van der Waals surface area contributed by atoms with Gasteiger partial charge in [-0.15, -0.1) is 0 Å². The maximum atomic E-state index is 12.5. The zero-order valence-corrected chi connectivity index (χ0v) is 13.4. The Bertz CT molecular complexity index is 586. The van der Waals surface area contributed by atoms with Crippen LogP contribution in [-0.4, -0.2) is 43.9 Å². The molecule has 118 valence electrons. The Labute approximate surface area is 125 Å². The number of rotatable bonds is 7. The van der Waals surface area contributed by atoms with Crippen LogP contribution in [0.1, 0.15) is 31.9 Å². The molecule has 1 atom stereocenters. The standard InChI is InChI=1S/C14H22N2O4S/c1-4-13(17)11-7-6-8-12(9-11)21(19,20)16(5-2)10-14(18)15-3/h6-9,13,17H,4-5,10H2,1-3H3,(H,15,18). The summed E-state index contributed by atoms with van der Waals surface area (Å²) in [5.41, 5.74) is 0.551. The summed E-state index contributed by atoms with van der Waals surface area (Å²) in [6.45, 7) is 3.45. The van der Waals surface area contributed by atoms with E-state index in [1.807, 2.05) is 6.92 Å². The lowest BCUT2D eigenvalue weighted by atomic mass is 10.1. The minimum absolute atomic E-state index is 0.0817. The first-order valence-electron chi connectivity index (χ1n) is 6.85. The third kappa shape index (κ3) is 4.26. The number of nitrogens with zero attached hydrogens (tertiary/aromatic N) is 1. The first kappa shape index (κ1) is 17.6. The molecule has 0 bridgehead atoms. The van der Waals surface area contributed by atoms with Crippen molar-refractivity contribution in [3.05, 3.63) is 29.8 Å². The van der Waals surface area contributed by atoms with Crippen LogP contribution in [0.25, 0.3) is 0 Å². The third-order valence-corrected chi connectivity index (χ3v) is 5.14. The number of amides is 1. The van der Waals surface area contributed by atoms with Crippen LogP contribution in [0.5, 0.6) is 0 Å². The van der Waals surface area contributed by atoms with Gasteiger partial charge in [-0.1, -0.05) is 26.0 Å². The first-order valence-corrected chi connectivity index (χ1v) is 8.29. The highest BCUT2D eigenvalue weighted by Crippen LogP contribution is 2.22. The monoisotopic (exact) mass is 314 g/mol. The molecule has 0 aliphatic rings. The second kappa shape index (κ2) is 7.53. The molecule has 1 aromatic carbocycles. The molecule has 0 aromatic heterocycles. The van der Waals surface area contributed by atoms with Crippen LogP contribution in [0.3, 0.4) is 0 Å². The van der Waals surface area contributed by atoms with Crippen LogP contribution in [0.2, 0.25) is 0 Å². The maximum absolute atomic E-state index is 12.5. The van der Waals surface area contributed by atoms with Gasteiger partial charge in [-0.05, 0) is 24.1 Å². The van der Waals surface area contributed by atoms with Crippen LogP contribution < -0.4 is 5.32 Å². The molecule has 1 unspecified atom stereocenters. The van der Waals surface area contributed by atoms with E-state index in [4.69, 9.17) is 0 Å². The molecule has 0 aliphatic heterocycles. The van der Waals surface area contributed by atoms with E-state index in [-0.39, 0.29) is 23.9 Å². The number of carbonyl (C=O) groups excluding carboxylic acids is 1. The van der Waals surface area contributed by atoms with Crippen molar-refractivity contribution in [3.8, 4) is 0 Å². The highest BCUT2D eigenvalue weighted by Gasteiger charge is 2.25. The molecule has 0 aliphatic carbocycles. The zero-order valence-electron chi connectivity index (χ0n) is 12.5. The molecule has 0 heterocycles. The summed E-state index contributed by atoms with van der Waals surface area (Å²) in [5, 5.41) is 12.2. The highest BCUT2D eigenvalue weighted by atomic mass is 32.2. The SMILES string of the molecule is CCC(O)c1cccc(S(=O)(=O)N(CC)CC(=O)NC)c1. The lowest BCUT2D eigenvalue weighted by Crippen LogP contribution is -2.39. The lowest BCUT2D eigenvalue weighted by Gasteiger charge is -2.20. The topological polar surface area (TPSA) is 86.7 Å². The van der Waals surface area contributed by atoms with Crippen molar-refractivity contribution in [2.24, 2.45) is 0 Å². The van der Waals surface area contributed by atoms with Gasteiger partial charge in [0.15, 0.2) is 0 Å². The van der Waals surface area contributed by atoms with E-state index in [0.717, 1.165) is 4.31 Å². The maximum Gasteiger partial charge on any atom is 0.243 e. The van der Waals surface area contributed by atoms with Crippen molar-refractivity contribution in [1.29, 1.82) is 0 Å². The molecular weight excluding hydrogens is 292 g/mol. The van der Waals surface area contributed by atoms with Gasteiger partial charge in [0.05, 0.1) is 17.5 Å². The predicted molar refractivity (Wildman–Crippen MR) is 80.2 cm³/mol. The minimum Gasteiger partial charge on any atom is -0.388 e. The quantitative estimate of drug-likeness (QED) is 0.782. The van der Waals surface area contributed by atoms with Crippen molar-refractivity contribution in [1.82, 2.24) is 9.62 Å². The predicted octanol–water partition coefficient (Wildman–Crippen LogP) is 0.887. The summed E-state index contributed by atoms with van der Waals surface area (Å²) in [6.07, 6.45) is -0.201. The molecule has 1 amide bonds. The fraction of sp³-hybridized carbons (Fsp3) is 0.500. The molecule has 6 nitrogen and oxygen atoms in total.